The molecular weight excluding hydrogens is 512 g/mol. The molecule has 190 valence electrons. The summed E-state index contributed by atoms with van der Waals surface area (Å²) in [7, 11) is 1.49. The Labute approximate surface area is 224 Å². The van der Waals surface area contributed by atoms with E-state index in [-0.39, 0.29) is 24.3 Å². The van der Waals surface area contributed by atoms with Crippen LogP contribution in [0.25, 0.3) is 6.08 Å². The first-order valence-electron chi connectivity index (χ1n) is 11.4. The van der Waals surface area contributed by atoms with Gasteiger partial charge < -0.3 is 14.8 Å². The Hall–Kier alpha value is -3.75. The molecule has 3 amide bonds. The Morgan fingerprint density at radius 3 is 2.57 bits per heavy atom. The summed E-state index contributed by atoms with van der Waals surface area (Å²) < 4.78 is 11.1. The lowest BCUT2D eigenvalue weighted by Crippen LogP contribution is -2.27. The monoisotopic (exact) mass is 536 g/mol. The third-order valence-corrected chi connectivity index (χ3v) is 6.94. The smallest absolute Gasteiger partial charge is 0.293 e. The molecule has 4 rings (SSSR count). The fourth-order valence-electron chi connectivity index (χ4n) is 3.76. The van der Waals surface area contributed by atoms with Gasteiger partial charge in [0.05, 0.1) is 18.6 Å². The summed E-state index contributed by atoms with van der Waals surface area (Å²) in [6.07, 6.45) is 1.62. The summed E-state index contributed by atoms with van der Waals surface area (Å²) in [5.74, 6) is 0.0770. The maximum absolute atomic E-state index is 12.9. The van der Waals surface area contributed by atoms with Crippen LogP contribution in [-0.2, 0) is 16.1 Å². The van der Waals surface area contributed by atoms with Gasteiger partial charge in [-0.1, -0.05) is 53.6 Å². The number of hydrogen-bond donors (Lipinski definition) is 1. The third-order valence-electron chi connectivity index (χ3n) is 5.66. The van der Waals surface area contributed by atoms with Gasteiger partial charge in [-0.05, 0) is 72.6 Å². The molecule has 1 saturated heterocycles. The van der Waals surface area contributed by atoms with Gasteiger partial charge >= 0.3 is 0 Å². The Morgan fingerprint density at radius 2 is 1.84 bits per heavy atom. The van der Waals surface area contributed by atoms with Crippen molar-refractivity contribution in [3.05, 3.63) is 92.8 Å². The molecule has 1 aliphatic rings. The van der Waals surface area contributed by atoms with E-state index in [4.69, 9.17) is 21.1 Å². The van der Waals surface area contributed by atoms with Crippen LogP contribution in [0.5, 0.6) is 11.5 Å². The first kappa shape index (κ1) is 26.3. The highest BCUT2D eigenvalue weighted by atomic mass is 35.5. The number of thioether (sulfide) groups is 1. The number of carbonyl (C=O) groups is 3. The Balaban J connectivity index is 1.42. The molecule has 1 heterocycles. The number of rotatable bonds is 8. The number of carbonyl (C=O) groups excluding carboxylic acids is 3. The standard InChI is InChI=1S/C28H25ClN2O5S/c1-17-8-10-22(18(2)12-17)30-26(32)16-36-23-11-9-19(13-24(23)35-3)14-25-27(33)31(28(34)37-25)15-20-6-4-5-7-21(20)29/h4-14H,15-16H2,1-3H3,(H,30,32)/b25-14-. The normalized spacial score (nSPS) is 14.3. The highest BCUT2D eigenvalue weighted by Crippen LogP contribution is 2.36. The van der Waals surface area contributed by atoms with Crippen molar-refractivity contribution < 1.29 is 23.9 Å². The van der Waals surface area contributed by atoms with Crippen LogP contribution in [0.1, 0.15) is 22.3 Å². The molecule has 0 spiro atoms. The number of halogens is 1. The van der Waals surface area contributed by atoms with Gasteiger partial charge in [0.2, 0.25) is 0 Å². The summed E-state index contributed by atoms with van der Waals surface area (Å²) >= 11 is 7.06. The quantitative estimate of drug-likeness (QED) is 0.344. The summed E-state index contributed by atoms with van der Waals surface area (Å²) in [6, 6.07) is 17.9. The topological polar surface area (TPSA) is 84.9 Å². The fraction of sp³-hybridized carbons (Fsp3) is 0.179. The highest BCUT2D eigenvalue weighted by molar-refractivity contribution is 8.18. The molecule has 1 fully saturated rings. The number of amides is 3. The van der Waals surface area contributed by atoms with Crippen molar-refractivity contribution in [3.63, 3.8) is 0 Å². The largest absolute Gasteiger partial charge is 0.493 e. The van der Waals surface area contributed by atoms with E-state index >= 15 is 0 Å². The van der Waals surface area contributed by atoms with Crippen molar-refractivity contribution in [1.82, 2.24) is 4.90 Å². The molecule has 0 aromatic heterocycles. The molecule has 0 unspecified atom stereocenters. The van der Waals surface area contributed by atoms with Crippen LogP contribution >= 0.6 is 23.4 Å². The first-order valence-corrected chi connectivity index (χ1v) is 12.6. The van der Waals surface area contributed by atoms with E-state index in [1.807, 2.05) is 32.0 Å². The van der Waals surface area contributed by atoms with E-state index in [0.717, 1.165) is 28.6 Å². The zero-order valence-corrected chi connectivity index (χ0v) is 22.1. The third kappa shape index (κ3) is 6.34. The molecule has 1 N–H and O–H groups in total. The van der Waals surface area contributed by atoms with E-state index in [1.165, 1.54) is 12.0 Å². The minimum Gasteiger partial charge on any atom is -0.493 e. The Morgan fingerprint density at radius 1 is 1.05 bits per heavy atom. The number of nitrogens with zero attached hydrogens (tertiary/aromatic N) is 1. The van der Waals surface area contributed by atoms with Crippen LogP contribution in [-0.4, -0.2) is 35.7 Å². The minimum atomic E-state index is -0.391. The van der Waals surface area contributed by atoms with Gasteiger partial charge in [0.15, 0.2) is 18.1 Å². The number of benzene rings is 3. The van der Waals surface area contributed by atoms with Crippen molar-refractivity contribution in [2.75, 3.05) is 19.0 Å². The van der Waals surface area contributed by atoms with E-state index in [2.05, 4.69) is 5.32 Å². The number of imide groups is 1. The average Bonchev–Trinajstić information content (AvgIpc) is 3.13. The van der Waals surface area contributed by atoms with Crippen LogP contribution in [0, 0.1) is 13.8 Å². The number of anilines is 1. The fourth-order valence-corrected chi connectivity index (χ4v) is 4.80. The second-order valence-electron chi connectivity index (χ2n) is 8.42. The maximum atomic E-state index is 12.9. The van der Waals surface area contributed by atoms with Crippen molar-refractivity contribution >= 4 is 52.2 Å². The van der Waals surface area contributed by atoms with Crippen LogP contribution in [0.15, 0.2) is 65.6 Å². The molecule has 0 saturated carbocycles. The summed E-state index contributed by atoms with van der Waals surface area (Å²) in [5.41, 5.74) is 4.14. The van der Waals surface area contributed by atoms with Crippen molar-refractivity contribution in [2.24, 2.45) is 0 Å². The average molecular weight is 537 g/mol. The summed E-state index contributed by atoms with van der Waals surface area (Å²) in [4.78, 5) is 39.3. The number of methoxy groups -OCH3 is 1. The number of hydrogen-bond acceptors (Lipinski definition) is 6. The van der Waals surface area contributed by atoms with Gasteiger partial charge in [0.1, 0.15) is 0 Å². The summed E-state index contributed by atoms with van der Waals surface area (Å²) in [5, 5.41) is 2.97. The molecule has 0 bridgehead atoms. The van der Waals surface area contributed by atoms with Crippen LogP contribution < -0.4 is 14.8 Å². The number of aryl methyl sites for hydroxylation is 2. The molecule has 0 aliphatic carbocycles. The summed E-state index contributed by atoms with van der Waals surface area (Å²) in [6.45, 7) is 3.81. The van der Waals surface area contributed by atoms with E-state index in [9.17, 15) is 14.4 Å². The Bertz CT molecular complexity index is 1410. The first-order chi connectivity index (χ1) is 17.7. The lowest BCUT2D eigenvalue weighted by Gasteiger charge is -2.13. The molecule has 1 aliphatic heterocycles. The van der Waals surface area contributed by atoms with E-state index in [1.54, 1.807) is 48.5 Å². The lowest BCUT2D eigenvalue weighted by molar-refractivity contribution is -0.123. The maximum Gasteiger partial charge on any atom is 0.293 e. The van der Waals surface area contributed by atoms with Gasteiger partial charge in [-0.2, -0.15) is 0 Å². The molecule has 3 aromatic carbocycles. The minimum absolute atomic E-state index is 0.0992. The molecule has 9 heteroatoms. The molecule has 3 aromatic rings. The molecule has 7 nitrogen and oxygen atoms in total. The predicted molar refractivity (Wildman–Crippen MR) is 146 cm³/mol. The van der Waals surface area contributed by atoms with Gasteiger partial charge in [-0.15, -0.1) is 0 Å². The van der Waals surface area contributed by atoms with Crippen LogP contribution in [0.3, 0.4) is 0 Å². The van der Waals surface area contributed by atoms with Gasteiger partial charge in [0.25, 0.3) is 17.1 Å². The zero-order valence-electron chi connectivity index (χ0n) is 20.5. The van der Waals surface area contributed by atoms with Crippen molar-refractivity contribution in [3.8, 4) is 11.5 Å². The molecule has 0 radical (unpaired) electrons. The van der Waals surface area contributed by atoms with Gasteiger partial charge in [0, 0.05) is 10.7 Å². The van der Waals surface area contributed by atoms with Gasteiger partial charge in [-0.25, -0.2) is 0 Å². The zero-order chi connectivity index (χ0) is 26.5. The predicted octanol–water partition coefficient (Wildman–Crippen LogP) is 6.22. The molecule has 37 heavy (non-hydrogen) atoms. The SMILES string of the molecule is COc1cc(/C=C2\SC(=O)N(Cc3ccccc3Cl)C2=O)ccc1OCC(=O)Nc1ccc(C)cc1C. The Kier molecular flexibility index (Phi) is 8.21. The van der Waals surface area contributed by atoms with Crippen LogP contribution in [0.2, 0.25) is 5.02 Å². The highest BCUT2D eigenvalue weighted by Gasteiger charge is 2.35. The van der Waals surface area contributed by atoms with E-state index in [0.29, 0.717) is 32.6 Å². The van der Waals surface area contributed by atoms with E-state index < -0.39 is 5.91 Å². The second-order valence-corrected chi connectivity index (χ2v) is 9.83. The molecule has 0 atom stereocenters. The number of ether oxygens (including phenoxy) is 2. The van der Waals surface area contributed by atoms with Crippen molar-refractivity contribution in [2.45, 2.75) is 20.4 Å². The van der Waals surface area contributed by atoms with Crippen LogP contribution in [0.4, 0.5) is 10.5 Å². The second kappa shape index (κ2) is 11.5. The molecular formula is C28H25ClN2O5S. The van der Waals surface area contributed by atoms with Crippen molar-refractivity contribution in [1.29, 1.82) is 0 Å². The number of nitrogens with one attached hydrogen (secondary N) is 1. The lowest BCUT2D eigenvalue weighted by atomic mass is 10.1. The van der Waals surface area contributed by atoms with Gasteiger partial charge in [-0.3, -0.25) is 19.3 Å².